The van der Waals surface area contributed by atoms with Crippen LogP contribution in [0.4, 0.5) is 4.39 Å². The SMILES string of the molecule is C=CCCC(NN)c1cc2ccc(F)cc2s1. The molecule has 0 saturated carbocycles. The number of fused-ring (bicyclic) bond motifs is 1. The van der Waals surface area contributed by atoms with Crippen LogP contribution < -0.4 is 11.3 Å². The zero-order valence-corrected chi connectivity index (χ0v) is 10.3. The topological polar surface area (TPSA) is 38.0 Å². The van der Waals surface area contributed by atoms with E-state index in [1.807, 2.05) is 6.08 Å². The Morgan fingerprint density at radius 1 is 1.47 bits per heavy atom. The van der Waals surface area contributed by atoms with Gasteiger partial charge in [0.2, 0.25) is 0 Å². The standard InChI is InChI=1S/C13H15FN2S/c1-2-3-4-11(16-15)13-7-9-5-6-10(14)8-12(9)17-13/h2,5-8,11,16H,1,3-4,15H2. The van der Waals surface area contributed by atoms with E-state index in [-0.39, 0.29) is 11.9 Å². The fourth-order valence-corrected chi connectivity index (χ4v) is 2.97. The molecule has 1 aromatic carbocycles. The van der Waals surface area contributed by atoms with Crippen molar-refractivity contribution in [2.24, 2.45) is 5.84 Å². The van der Waals surface area contributed by atoms with Crippen molar-refractivity contribution in [2.45, 2.75) is 18.9 Å². The van der Waals surface area contributed by atoms with Gasteiger partial charge in [-0.3, -0.25) is 11.3 Å². The van der Waals surface area contributed by atoms with Crippen molar-refractivity contribution in [1.82, 2.24) is 5.43 Å². The van der Waals surface area contributed by atoms with Crippen molar-refractivity contribution in [2.75, 3.05) is 0 Å². The van der Waals surface area contributed by atoms with Crippen molar-refractivity contribution < 1.29 is 4.39 Å². The summed E-state index contributed by atoms with van der Waals surface area (Å²) < 4.78 is 14.0. The predicted molar refractivity (Wildman–Crippen MR) is 71.3 cm³/mol. The monoisotopic (exact) mass is 250 g/mol. The highest BCUT2D eigenvalue weighted by atomic mass is 32.1. The fourth-order valence-electron chi connectivity index (χ4n) is 1.79. The van der Waals surface area contributed by atoms with Crippen LogP contribution in [0, 0.1) is 5.82 Å². The number of rotatable bonds is 5. The minimum atomic E-state index is -0.200. The van der Waals surface area contributed by atoms with Gasteiger partial charge in [-0.1, -0.05) is 12.1 Å². The molecule has 90 valence electrons. The number of hydrogen-bond acceptors (Lipinski definition) is 3. The van der Waals surface area contributed by atoms with E-state index >= 15 is 0 Å². The minimum absolute atomic E-state index is 0.105. The van der Waals surface area contributed by atoms with Crippen LogP contribution >= 0.6 is 11.3 Å². The molecule has 0 aliphatic rings. The van der Waals surface area contributed by atoms with E-state index in [0.717, 1.165) is 27.8 Å². The lowest BCUT2D eigenvalue weighted by Gasteiger charge is -2.12. The molecule has 0 saturated heterocycles. The van der Waals surface area contributed by atoms with Crippen LogP contribution in [0.2, 0.25) is 0 Å². The maximum atomic E-state index is 13.1. The van der Waals surface area contributed by atoms with Crippen molar-refractivity contribution in [1.29, 1.82) is 0 Å². The van der Waals surface area contributed by atoms with Crippen LogP contribution in [-0.4, -0.2) is 0 Å². The van der Waals surface area contributed by atoms with Gasteiger partial charge in [-0.15, -0.1) is 17.9 Å². The molecule has 3 N–H and O–H groups in total. The van der Waals surface area contributed by atoms with Crippen LogP contribution in [0.1, 0.15) is 23.8 Å². The summed E-state index contributed by atoms with van der Waals surface area (Å²) in [7, 11) is 0. The van der Waals surface area contributed by atoms with Gasteiger partial charge in [0.05, 0.1) is 6.04 Å². The smallest absolute Gasteiger partial charge is 0.124 e. The number of hydrazine groups is 1. The summed E-state index contributed by atoms with van der Waals surface area (Å²) in [6.07, 6.45) is 3.67. The van der Waals surface area contributed by atoms with Gasteiger partial charge >= 0.3 is 0 Å². The Balaban J connectivity index is 2.30. The Bertz CT molecular complexity index is 521. The highest BCUT2D eigenvalue weighted by Gasteiger charge is 2.12. The quantitative estimate of drug-likeness (QED) is 0.484. The third-order valence-electron chi connectivity index (χ3n) is 2.71. The molecular formula is C13H15FN2S. The second kappa shape index (κ2) is 5.40. The maximum absolute atomic E-state index is 13.1. The summed E-state index contributed by atoms with van der Waals surface area (Å²) in [5.74, 6) is 5.35. The molecule has 1 unspecified atom stereocenters. The van der Waals surface area contributed by atoms with Gasteiger partial charge < -0.3 is 0 Å². The number of nitrogens with two attached hydrogens (primary N) is 1. The van der Waals surface area contributed by atoms with E-state index < -0.39 is 0 Å². The largest absolute Gasteiger partial charge is 0.271 e. The molecule has 1 atom stereocenters. The molecular weight excluding hydrogens is 235 g/mol. The number of nitrogens with one attached hydrogen (secondary N) is 1. The number of thiophene rings is 1. The Kier molecular flexibility index (Phi) is 3.89. The first-order chi connectivity index (χ1) is 8.24. The molecule has 0 bridgehead atoms. The lowest BCUT2D eigenvalue weighted by molar-refractivity contribution is 0.529. The molecule has 2 nitrogen and oxygen atoms in total. The Morgan fingerprint density at radius 2 is 2.29 bits per heavy atom. The summed E-state index contributed by atoms with van der Waals surface area (Å²) in [6.45, 7) is 3.70. The van der Waals surface area contributed by atoms with Crippen LogP contribution in [0.3, 0.4) is 0 Å². The lowest BCUT2D eigenvalue weighted by atomic mass is 10.1. The van der Waals surface area contributed by atoms with Gasteiger partial charge in [0.25, 0.3) is 0 Å². The van der Waals surface area contributed by atoms with Gasteiger partial charge in [-0.2, -0.15) is 0 Å². The zero-order valence-electron chi connectivity index (χ0n) is 9.45. The summed E-state index contributed by atoms with van der Waals surface area (Å²) in [5.41, 5.74) is 2.80. The van der Waals surface area contributed by atoms with E-state index in [0.29, 0.717) is 0 Å². The molecule has 0 aliphatic carbocycles. The predicted octanol–water partition coefficient (Wildman–Crippen LogP) is 3.51. The Morgan fingerprint density at radius 3 is 3.00 bits per heavy atom. The molecule has 4 heteroatoms. The third-order valence-corrected chi connectivity index (χ3v) is 3.92. The number of hydrogen-bond donors (Lipinski definition) is 2. The van der Waals surface area contributed by atoms with Crippen molar-refractivity contribution in [3.63, 3.8) is 0 Å². The van der Waals surface area contributed by atoms with Crippen molar-refractivity contribution in [3.8, 4) is 0 Å². The second-order valence-electron chi connectivity index (χ2n) is 3.92. The van der Waals surface area contributed by atoms with Gasteiger partial charge in [0.1, 0.15) is 5.82 Å². The number of allylic oxidation sites excluding steroid dienone is 1. The highest BCUT2D eigenvalue weighted by Crippen LogP contribution is 2.32. The Labute approximate surface area is 104 Å². The molecule has 0 fully saturated rings. The van der Waals surface area contributed by atoms with E-state index in [2.05, 4.69) is 18.1 Å². The highest BCUT2D eigenvalue weighted by molar-refractivity contribution is 7.19. The average Bonchev–Trinajstić information content (AvgIpc) is 2.72. The van der Waals surface area contributed by atoms with E-state index in [4.69, 9.17) is 5.84 Å². The summed E-state index contributed by atoms with van der Waals surface area (Å²) in [5, 5.41) is 1.06. The Hall–Kier alpha value is -1.23. The third kappa shape index (κ3) is 2.72. The van der Waals surface area contributed by atoms with Crippen molar-refractivity contribution in [3.05, 3.63) is 47.6 Å². The van der Waals surface area contributed by atoms with Gasteiger partial charge in [0.15, 0.2) is 0 Å². The summed E-state index contributed by atoms with van der Waals surface area (Å²) >= 11 is 1.58. The molecule has 2 aromatic rings. The number of benzene rings is 1. The van der Waals surface area contributed by atoms with Crippen LogP contribution in [-0.2, 0) is 0 Å². The van der Waals surface area contributed by atoms with Crippen molar-refractivity contribution >= 4 is 21.4 Å². The molecule has 0 radical (unpaired) electrons. The molecule has 17 heavy (non-hydrogen) atoms. The molecule has 0 spiro atoms. The number of halogens is 1. The van der Waals surface area contributed by atoms with Crippen LogP contribution in [0.5, 0.6) is 0 Å². The molecule has 1 heterocycles. The van der Waals surface area contributed by atoms with E-state index in [9.17, 15) is 4.39 Å². The second-order valence-corrected chi connectivity index (χ2v) is 5.03. The van der Waals surface area contributed by atoms with E-state index in [1.165, 1.54) is 6.07 Å². The van der Waals surface area contributed by atoms with Gasteiger partial charge in [-0.25, -0.2) is 4.39 Å². The summed E-state index contributed by atoms with van der Waals surface area (Å²) in [6, 6.07) is 7.00. The first kappa shape index (κ1) is 12.2. The fraction of sp³-hybridized carbons (Fsp3) is 0.231. The lowest BCUT2D eigenvalue weighted by Crippen LogP contribution is -2.27. The van der Waals surface area contributed by atoms with Crippen LogP contribution in [0.25, 0.3) is 10.1 Å². The van der Waals surface area contributed by atoms with Gasteiger partial charge in [0, 0.05) is 9.58 Å². The normalized spacial score (nSPS) is 12.8. The first-order valence-corrected chi connectivity index (χ1v) is 6.32. The maximum Gasteiger partial charge on any atom is 0.124 e. The van der Waals surface area contributed by atoms with E-state index in [1.54, 1.807) is 23.5 Å². The summed E-state index contributed by atoms with van der Waals surface area (Å²) in [4.78, 5) is 1.13. The zero-order chi connectivity index (χ0) is 12.3. The first-order valence-electron chi connectivity index (χ1n) is 5.50. The average molecular weight is 250 g/mol. The van der Waals surface area contributed by atoms with Gasteiger partial charge in [-0.05, 0) is 36.4 Å². The molecule has 1 aromatic heterocycles. The molecule has 2 rings (SSSR count). The van der Waals surface area contributed by atoms with Crippen LogP contribution in [0.15, 0.2) is 36.9 Å². The molecule has 0 amide bonds. The molecule has 0 aliphatic heterocycles. The minimum Gasteiger partial charge on any atom is -0.271 e.